The van der Waals surface area contributed by atoms with Crippen LogP contribution in [-0.2, 0) is 40.3 Å². The molecule has 0 aromatic heterocycles. The number of terminal acetylenes is 1. The van der Waals surface area contributed by atoms with Gasteiger partial charge in [-0.2, -0.15) is 0 Å². The lowest BCUT2D eigenvalue weighted by Gasteiger charge is -2.20. The normalized spacial score (nSPS) is 12.6. The molecule has 0 unspecified atom stereocenters. The third-order valence-corrected chi connectivity index (χ3v) is 7.74. The number of nitrogens with one attached hydrogen (secondary N) is 3. The average molecular weight is 580 g/mol. The second-order valence-corrected chi connectivity index (χ2v) is 11.2. The number of rotatable bonds is 12. The van der Waals surface area contributed by atoms with Gasteiger partial charge in [0.25, 0.3) is 10.0 Å². The highest BCUT2D eigenvalue weighted by Crippen LogP contribution is 2.33. The molecule has 0 saturated heterocycles. The van der Waals surface area contributed by atoms with E-state index in [-0.39, 0.29) is 41.0 Å². The molecule has 0 heterocycles. The van der Waals surface area contributed by atoms with Crippen LogP contribution in [0.25, 0.3) is 10.8 Å². The lowest BCUT2D eigenvalue weighted by molar-refractivity contribution is -0.141. The number of benzene rings is 3. The van der Waals surface area contributed by atoms with Gasteiger partial charge in [-0.3, -0.25) is 24.4 Å². The van der Waals surface area contributed by atoms with Crippen LogP contribution >= 0.6 is 0 Å². The Morgan fingerprint density at radius 3 is 2.27 bits per heavy atom. The number of hydrogen-bond acceptors (Lipinski definition) is 8. The SMILES string of the molecule is C#C[C@H](NC[C@@H](C)CC(=O)OC)c1ccc(S(=O)(=O)Nc2ccc(CC(=O)OC)cc2NC(C)=O)c2ccccc12. The first kappa shape index (κ1) is 31.1. The quantitative estimate of drug-likeness (QED) is 0.218. The summed E-state index contributed by atoms with van der Waals surface area (Å²) in [5, 5.41) is 6.97. The Bertz CT molecular complexity index is 1600. The molecule has 11 heteroatoms. The molecule has 0 aliphatic heterocycles. The minimum Gasteiger partial charge on any atom is -0.469 e. The van der Waals surface area contributed by atoms with Gasteiger partial charge in [0.2, 0.25) is 5.91 Å². The van der Waals surface area contributed by atoms with Crippen LogP contribution in [0.1, 0.15) is 37.4 Å². The first-order chi connectivity index (χ1) is 19.5. The minimum absolute atomic E-state index is 0.0130. The number of carbonyl (C=O) groups is 3. The minimum atomic E-state index is -4.15. The van der Waals surface area contributed by atoms with Crippen LogP contribution in [0, 0.1) is 18.3 Å². The van der Waals surface area contributed by atoms with Gasteiger partial charge in [-0.15, -0.1) is 6.42 Å². The van der Waals surface area contributed by atoms with Gasteiger partial charge in [0, 0.05) is 18.7 Å². The van der Waals surface area contributed by atoms with Crippen molar-refractivity contribution in [3.05, 3.63) is 65.7 Å². The third-order valence-electron chi connectivity index (χ3n) is 6.31. The lowest BCUT2D eigenvalue weighted by Crippen LogP contribution is -2.27. The van der Waals surface area contributed by atoms with Gasteiger partial charge in [-0.1, -0.05) is 49.2 Å². The van der Waals surface area contributed by atoms with Crippen molar-refractivity contribution in [2.45, 2.75) is 37.6 Å². The highest BCUT2D eigenvalue weighted by Gasteiger charge is 2.23. The Morgan fingerprint density at radius 1 is 0.951 bits per heavy atom. The van der Waals surface area contributed by atoms with Crippen LogP contribution in [-0.4, -0.2) is 47.0 Å². The number of hydrogen-bond donors (Lipinski definition) is 3. The topological polar surface area (TPSA) is 140 Å². The Hall–Kier alpha value is -4.40. The van der Waals surface area contributed by atoms with Crippen molar-refractivity contribution in [2.75, 3.05) is 30.8 Å². The highest BCUT2D eigenvalue weighted by atomic mass is 32.2. The van der Waals surface area contributed by atoms with E-state index in [1.165, 1.54) is 39.3 Å². The fourth-order valence-corrected chi connectivity index (χ4v) is 5.61. The molecule has 3 aromatic rings. The maximum absolute atomic E-state index is 13.7. The van der Waals surface area contributed by atoms with Crippen LogP contribution in [0.3, 0.4) is 0 Å². The molecule has 2 atom stereocenters. The maximum atomic E-state index is 13.7. The molecule has 0 radical (unpaired) electrons. The van der Waals surface area contributed by atoms with Gasteiger partial charge in [-0.25, -0.2) is 8.42 Å². The van der Waals surface area contributed by atoms with Crippen LogP contribution in [0.4, 0.5) is 11.4 Å². The van der Waals surface area contributed by atoms with Gasteiger partial charge >= 0.3 is 11.9 Å². The maximum Gasteiger partial charge on any atom is 0.309 e. The third kappa shape index (κ3) is 8.06. The van der Waals surface area contributed by atoms with Crippen LogP contribution in [0.5, 0.6) is 0 Å². The van der Waals surface area contributed by atoms with E-state index < -0.39 is 27.9 Å². The van der Waals surface area contributed by atoms with E-state index >= 15 is 0 Å². The molecule has 3 aromatic carbocycles. The van der Waals surface area contributed by atoms with Gasteiger partial charge in [0.15, 0.2) is 0 Å². The summed E-state index contributed by atoms with van der Waals surface area (Å²) >= 11 is 0. The van der Waals surface area contributed by atoms with E-state index in [0.717, 1.165) is 0 Å². The Kier molecular flexibility index (Phi) is 10.5. The zero-order chi connectivity index (χ0) is 30.2. The number of anilines is 2. The van der Waals surface area contributed by atoms with Gasteiger partial charge in [-0.05, 0) is 47.2 Å². The van der Waals surface area contributed by atoms with Crippen LogP contribution in [0.2, 0.25) is 0 Å². The summed E-state index contributed by atoms with van der Waals surface area (Å²) in [7, 11) is -1.54. The first-order valence-corrected chi connectivity index (χ1v) is 14.3. The zero-order valence-electron chi connectivity index (χ0n) is 23.3. The summed E-state index contributed by atoms with van der Waals surface area (Å²) in [5.41, 5.74) is 1.57. The molecule has 0 saturated carbocycles. The van der Waals surface area contributed by atoms with E-state index in [2.05, 4.69) is 21.3 Å². The van der Waals surface area contributed by atoms with E-state index in [4.69, 9.17) is 15.9 Å². The summed E-state index contributed by atoms with van der Waals surface area (Å²) in [4.78, 5) is 35.2. The summed E-state index contributed by atoms with van der Waals surface area (Å²) in [6.45, 7) is 3.63. The fourth-order valence-electron chi connectivity index (χ4n) is 4.32. The lowest BCUT2D eigenvalue weighted by atomic mass is 9.98. The van der Waals surface area contributed by atoms with Crippen LogP contribution < -0.4 is 15.4 Å². The van der Waals surface area contributed by atoms with Crippen molar-refractivity contribution in [2.24, 2.45) is 5.92 Å². The molecule has 216 valence electrons. The molecule has 10 nitrogen and oxygen atoms in total. The number of carbonyl (C=O) groups excluding carboxylic acids is 3. The summed E-state index contributed by atoms with van der Waals surface area (Å²) < 4.78 is 39.3. The number of esters is 2. The molecule has 0 aliphatic rings. The van der Waals surface area contributed by atoms with E-state index in [9.17, 15) is 22.8 Å². The second-order valence-electron chi connectivity index (χ2n) is 9.51. The predicted molar refractivity (Wildman–Crippen MR) is 157 cm³/mol. The molecule has 0 spiro atoms. The standard InChI is InChI=1S/C30H33N3O7S/c1-6-25(31-18-19(2)15-29(35)39-4)23-12-14-28(24-10-8-7-9-22(23)24)41(37,38)33-26-13-11-21(17-30(36)40-5)16-27(26)32-20(3)34/h1,7-14,16,19,25,31,33H,15,17-18H2,2-5H3,(H,32,34)/t19-,25-/m0/s1. The summed E-state index contributed by atoms with van der Waals surface area (Å²) in [6.07, 6.45) is 6.03. The van der Waals surface area contributed by atoms with Crippen molar-refractivity contribution in [3.63, 3.8) is 0 Å². The summed E-state index contributed by atoms with van der Waals surface area (Å²) in [6, 6.07) is 14.2. The largest absolute Gasteiger partial charge is 0.469 e. The van der Waals surface area contributed by atoms with E-state index in [0.29, 0.717) is 28.4 Å². The Morgan fingerprint density at radius 2 is 1.63 bits per heavy atom. The molecule has 1 amide bonds. The number of methoxy groups -OCH3 is 2. The second kappa shape index (κ2) is 13.8. The van der Waals surface area contributed by atoms with Crippen molar-refractivity contribution >= 4 is 50.0 Å². The number of amides is 1. The number of sulfonamides is 1. The van der Waals surface area contributed by atoms with Crippen molar-refractivity contribution in [1.82, 2.24) is 5.32 Å². The van der Waals surface area contributed by atoms with Gasteiger partial charge in [0.1, 0.15) is 0 Å². The number of fused-ring (bicyclic) bond motifs is 1. The molecule has 3 N–H and O–H groups in total. The van der Waals surface area contributed by atoms with Crippen molar-refractivity contribution < 1.29 is 32.3 Å². The van der Waals surface area contributed by atoms with Gasteiger partial charge in [0.05, 0.1) is 43.0 Å². The number of ether oxygens (including phenoxy) is 2. The van der Waals surface area contributed by atoms with Crippen molar-refractivity contribution in [3.8, 4) is 12.3 Å². The molecule has 3 rings (SSSR count). The molecule has 41 heavy (non-hydrogen) atoms. The van der Waals surface area contributed by atoms with Crippen LogP contribution in [0.15, 0.2) is 59.5 Å². The summed E-state index contributed by atoms with van der Waals surface area (Å²) in [5.74, 6) is 1.47. The molecular weight excluding hydrogens is 546 g/mol. The van der Waals surface area contributed by atoms with E-state index in [1.807, 2.05) is 6.92 Å². The molecule has 0 aliphatic carbocycles. The predicted octanol–water partition coefficient (Wildman–Crippen LogP) is 3.78. The van der Waals surface area contributed by atoms with E-state index in [1.54, 1.807) is 36.4 Å². The zero-order valence-corrected chi connectivity index (χ0v) is 24.1. The first-order valence-electron chi connectivity index (χ1n) is 12.8. The average Bonchev–Trinajstić information content (AvgIpc) is 2.94. The molecule has 0 fully saturated rings. The fraction of sp³-hybridized carbons (Fsp3) is 0.300. The molecule has 0 bridgehead atoms. The van der Waals surface area contributed by atoms with Crippen molar-refractivity contribution in [1.29, 1.82) is 0 Å². The Labute approximate surface area is 239 Å². The Balaban J connectivity index is 1.96. The highest BCUT2D eigenvalue weighted by molar-refractivity contribution is 7.93. The smallest absolute Gasteiger partial charge is 0.309 e. The molecular formula is C30H33N3O7S. The van der Waals surface area contributed by atoms with Gasteiger partial charge < -0.3 is 14.8 Å². The monoisotopic (exact) mass is 579 g/mol.